The molecule has 134 valence electrons. The lowest BCUT2D eigenvalue weighted by Crippen LogP contribution is -2.11. The highest BCUT2D eigenvalue weighted by molar-refractivity contribution is 7.15. The van der Waals surface area contributed by atoms with Crippen LogP contribution in [0.2, 0.25) is 5.02 Å². The number of hydrogen-bond donors (Lipinski definition) is 1. The van der Waals surface area contributed by atoms with E-state index in [-0.39, 0.29) is 12.0 Å². The molecule has 0 bridgehead atoms. The number of thiazole rings is 1. The molecule has 0 unspecified atom stereocenters. The van der Waals surface area contributed by atoms with Crippen molar-refractivity contribution in [3.8, 4) is 5.75 Å². The molecule has 4 nitrogen and oxygen atoms in total. The second-order valence-electron chi connectivity index (χ2n) is 6.08. The van der Waals surface area contributed by atoms with E-state index in [9.17, 15) is 4.79 Å². The van der Waals surface area contributed by atoms with Gasteiger partial charge in [0.1, 0.15) is 5.75 Å². The molecule has 1 amide bonds. The van der Waals surface area contributed by atoms with Crippen LogP contribution in [0.25, 0.3) is 0 Å². The fraction of sp³-hybridized carbons (Fsp3) is 0.200. The average Bonchev–Trinajstić information content (AvgIpc) is 3.02. The molecule has 6 heteroatoms. The monoisotopic (exact) mass is 386 g/mol. The minimum absolute atomic E-state index is 0.0999. The molecule has 0 fully saturated rings. The fourth-order valence-electron chi connectivity index (χ4n) is 2.42. The summed E-state index contributed by atoms with van der Waals surface area (Å²) in [7, 11) is 0. The fourth-order valence-corrected chi connectivity index (χ4v) is 3.48. The van der Waals surface area contributed by atoms with E-state index in [0.717, 1.165) is 22.6 Å². The molecule has 1 N–H and O–H groups in total. The Morgan fingerprint density at radius 2 is 2.00 bits per heavy atom. The van der Waals surface area contributed by atoms with Crippen LogP contribution in [0.4, 0.5) is 5.13 Å². The molecule has 3 rings (SSSR count). The van der Waals surface area contributed by atoms with Crippen molar-refractivity contribution in [2.24, 2.45) is 0 Å². The maximum absolute atomic E-state index is 12.4. The molecule has 3 aromatic rings. The van der Waals surface area contributed by atoms with Gasteiger partial charge in [0.05, 0.1) is 6.10 Å². The Balaban J connectivity index is 1.62. The van der Waals surface area contributed by atoms with Crippen LogP contribution in [0.15, 0.2) is 54.7 Å². The first-order chi connectivity index (χ1) is 12.5. The van der Waals surface area contributed by atoms with Crippen LogP contribution in [0.3, 0.4) is 0 Å². The van der Waals surface area contributed by atoms with E-state index in [2.05, 4.69) is 10.3 Å². The van der Waals surface area contributed by atoms with E-state index in [0.29, 0.717) is 15.7 Å². The molecule has 0 radical (unpaired) electrons. The first kappa shape index (κ1) is 18.4. The predicted octanol–water partition coefficient (Wildman–Crippen LogP) is 5.43. The summed E-state index contributed by atoms with van der Waals surface area (Å²) in [6, 6.07) is 14.8. The summed E-state index contributed by atoms with van der Waals surface area (Å²) < 4.78 is 5.58. The number of aromatic nitrogens is 1. The van der Waals surface area contributed by atoms with Gasteiger partial charge in [-0.3, -0.25) is 10.1 Å². The zero-order valence-corrected chi connectivity index (χ0v) is 16.1. The smallest absolute Gasteiger partial charge is 0.257 e. The SMILES string of the molecule is CC(C)Oc1ccc(C(=O)Nc2ncc(Cc3cccc(Cl)c3)s2)cc1. The lowest BCUT2D eigenvalue weighted by molar-refractivity contribution is 0.102. The number of rotatable bonds is 6. The number of carbonyl (C=O) groups excluding carboxylic acids is 1. The number of carbonyl (C=O) groups is 1. The van der Waals surface area contributed by atoms with Crippen LogP contribution in [0.1, 0.15) is 34.6 Å². The molecule has 0 aliphatic heterocycles. The summed E-state index contributed by atoms with van der Waals surface area (Å²) >= 11 is 7.47. The van der Waals surface area contributed by atoms with Crippen molar-refractivity contribution >= 4 is 34.0 Å². The molecule has 0 atom stereocenters. The second kappa shape index (κ2) is 8.34. The van der Waals surface area contributed by atoms with Crippen LogP contribution in [0.5, 0.6) is 5.75 Å². The van der Waals surface area contributed by atoms with E-state index < -0.39 is 0 Å². The van der Waals surface area contributed by atoms with Crippen molar-refractivity contribution < 1.29 is 9.53 Å². The zero-order valence-electron chi connectivity index (χ0n) is 14.5. The third-order valence-corrected chi connectivity index (χ3v) is 4.68. The highest BCUT2D eigenvalue weighted by Gasteiger charge is 2.10. The van der Waals surface area contributed by atoms with Crippen LogP contribution in [-0.2, 0) is 6.42 Å². The van der Waals surface area contributed by atoms with Crippen molar-refractivity contribution in [2.45, 2.75) is 26.4 Å². The Labute approximate surface area is 161 Å². The maximum atomic E-state index is 12.4. The van der Waals surface area contributed by atoms with Crippen molar-refractivity contribution in [1.82, 2.24) is 4.98 Å². The van der Waals surface area contributed by atoms with Crippen LogP contribution in [-0.4, -0.2) is 17.0 Å². The van der Waals surface area contributed by atoms with Crippen LogP contribution >= 0.6 is 22.9 Å². The number of benzene rings is 2. The number of nitrogens with zero attached hydrogens (tertiary/aromatic N) is 1. The molecule has 1 heterocycles. The Morgan fingerprint density at radius 3 is 2.69 bits per heavy atom. The van der Waals surface area contributed by atoms with E-state index in [1.165, 1.54) is 11.3 Å². The van der Waals surface area contributed by atoms with Gasteiger partial charge in [0.2, 0.25) is 0 Å². The number of amides is 1. The maximum Gasteiger partial charge on any atom is 0.257 e. The van der Waals surface area contributed by atoms with E-state index in [1.807, 2.05) is 38.1 Å². The van der Waals surface area contributed by atoms with E-state index >= 15 is 0 Å². The molecular weight excluding hydrogens is 368 g/mol. The molecule has 2 aromatic carbocycles. The van der Waals surface area contributed by atoms with Crippen molar-refractivity contribution in [2.75, 3.05) is 5.32 Å². The molecule has 0 saturated carbocycles. The quantitative estimate of drug-likeness (QED) is 0.614. The molecule has 26 heavy (non-hydrogen) atoms. The summed E-state index contributed by atoms with van der Waals surface area (Å²) in [5.74, 6) is 0.555. The first-order valence-electron chi connectivity index (χ1n) is 8.27. The first-order valence-corrected chi connectivity index (χ1v) is 9.46. The van der Waals surface area contributed by atoms with Crippen molar-refractivity contribution in [1.29, 1.82) is 0 Å². The van der Waals surface area contributed by atoms with Gasteiger partial charge in [0.25, 0.3) is 5.91 Å². The van der Waals surface area contributed by atoms with E-state index in [4.69, 9.17) is 16.3 Å². The predicted molar refractivity (Wildman–Crippen MR) is 107 cm³/mol. The zero-order chi connectivity index (χ0) is 18.5. The Kier molecular flexibility index (Phi) is 5.91. The van der Waals surface area contributed by atoms with Gasteiger partial charge in [-0.15, -0.1) is 11.3 Å². The Morgan fingerprint density at radius 1 is 1.23 bits per heavy atom. The number of ether oxygens (including phenoxy) is 1. The van der Waals surface area contributed by atoms with Gasteiger partial charge in [-0.25, -0.2) is 4.98 Å². The van der Waals surface area contributed by atoms with Gasteiger partial charge in [-0.1, -0.05) is 23.7 Å². The average molecular weight is 387 g/mol. The minimum Gasteiger partial charge on any atom is -0.491 e. The highest BCUT2D eigenvalue weighted by atomic mass is 35.5. The van der Waals surface area contributed by atoms with Gasteiger partial charge in [0.15, 0.2) is 5.13 Å². The molecule has 0 saturated heterocycles. The number of hydrogen-bond acceptors (Lipinski definition) is 4. The largest absolute Gasteiger partial charge is 0.491 e. The molecular formula is C20H19ClN2O2S. The van der Waals surface area contributed by atoms with Gasteiger partial charge in [-0.05, 0) is 55.8 Å². The Hall–Kier alpha value is -2.37. The topological polar surface area (TPSA) is 51.2 Å². The van der Waals surface area contributed by atoms with Crippen molar-refractivity contribution in [3.05, 3.63) is 75.8 Å². The molecule has 0 aliphatic carbocycles. The number of halogens is 1. The number of nitrogens with one attached hydrogen (secondary N) is 1. The van der Waals surface area contributed by atoms with E-state index in [1.54, 1.807) is 30.5 Å². The lowest BCUT2D eigenvalue weighted by Gasteiger charge is -2.09. The summed E-state index contributed by atoms with van der Waals surface area (Å²) in [6.45, 7) is 3.92. The summed E-state index contributed by atoms with van der Waals surface area (Å²) in [6.07, 6.45) is 2.61. The van der Waals surface area contributed by atoms with Gasteiger partial charge < -0.3 is 4.74 Å². The third kappa shape index (κ3) is 5.07. The Bertz CT molecular complexity index is 891. The number of anilines is 1. The summed E-state index contributed by atoms with van der Waals surface area (Å²) in [4.78, 5) is 17.7. The van der Waals surface area contributed by atoms with Gasteiger partial charge >= 0.3 is 0 Å². The summed E-state index contributed by atoms with van der Waals surface area (Å²) in [5, 5.41) is 4.13. The lowest BCUT2D eigenvalue weighted by atomic mass is 10.1. The third-order valence-electron chi connectivity index (χ3n) is 3.53. The molecule has 1 aromatic heterocycles. The van der Waals surface area contributed by atoms with Crippen LogP contribution in [0, 0.1) is 0 Å². The molecule has 0 aliphatic rings. The van der Waals surface area contributed by atoms with Crippen LogP contribution < -0.4 is 10.1 Å². The van der Waals surface area contributed by atoms with Crippen molar-refractivity contribution in [3.63, 3.8) is 0 Å². The van der Waals surface area contributed by atoms with Gasteiger partial charge in [-0.2, -0.15) is 0 Å². The van der Waals surface area contributed by atoms with Gasteiger partial charge in [0, 0.05) is 28.1 Å². The normalized spacial score (nSPS) is 10.8. The second-order valence-corrected chi connectivity index (χ2v) is 7.64. The molecule has 0 spiro atoms. The standard InChI is InChI=1S/C20H19ClN2O2S/c1-13(2)25-17-8-6-15(7-9-17)19(24)23-20-22-12-18(26-20)11-14-4-3-5-16(21)10-14/h3-10,12-13H,11H2,1-2H3,(H,22,23,24). The highest BCUT2D eigenvalue weighted by Crippen LogP contribution is 2.23. The minimum atomic E-state index is -0.190. The summed E-state index contributed by atoms with van der Waals surface area (Å²) in [5.41, 5.74) is 1.67.